The average Bonchev–Trinajstić information content (AvgIpc) is 3.31. The molecule has 0 radical (unpaired) electrons. The molecule has 4 aliphatic carbocycles. The lowest BCUT2D eigenvalue weighted by molar-refractivity contribution is -0.0886. The lowest BCUT2D eigenvalue weighted by Gasteiger charge is -2.57. The van der Waals surface area contributed by atoms with Crippen LogP contribution in [-0.2, 0) is 6.42 Å². The number of halogens is 1. The van der Waals surface area contributed by atoms with Gasteiger partial charge in [-0.15, -0.1) is 6.42 Å². The molecule has 172 valence electrons. The van der Waals surface area contributed by atoms with E-state index in [1.54, 1.807) is 17.4 Å². The van der Waals surface area contributed by atoms with Gasteiger partial charge < -0.3 is 10.4 Å². The van der Waals surface area contributed by atoms with Gasteiger partial charge in [0.25, 0.3) is 0 Å². The number of nitrogens with zero attached hydrogens (tertiary/aromatic N) is 2. The Morgan fingerprint density at radius 1 is 1.18 bits per heavy atom. The fraction of sp³-hybridized carbons (Fsp3) is 0.556. The first-order chi connectivity index (χ1) is 15.8. The SMILES string of the molecule is C#C[C@]1(O)CC[C@H]2[C@@H]3CC=C4c5sc(Nc6cccc(Cl)n6)nc5CC[C@]4(C)[C@H]3CC[C@@]21C. The van der Waals surface area contributed by atoms with Crippen LogP contribution in [0.1, 0.15) is 62.9 Å². The molecule has 2 N–H and O–H groups in total. The van der Waals surface area contributed by atoms with Gasteiger partial charge in [0.05, 0.1) is 10.6 Å². The Morgan fingerprint density at radius 2 is 2.00 bits per heavy atom. The number of allylic oxidation sites excluding steroid dienone is 2. The first-order valence-corrected chi connectivity index (χ1v) is 13.3. The third kappa shape index (κ3) is 3.00. The molecule has 4 aliphatic rings. The maximum atomic E-state index is 11.2. The van der Waals surface area contributed by atoms with Gasteiger partial charge in [0.15, 0.2) is 5.13 Å². The molecule has 2 aromatic heterocycles. The zero-order valence-corrected chi connectivity index (χ0v) is 20.8. The monoisotopic (exact) mass is 479 g/mol. The van der Waals surface area contributed by atoms with Crippen molar-refractivity contribution in [3.8, 4) is 12.3 Å². The van der Waals surface area contributed by atoms with E-state index in [0.717, 1.165) is 55.9 Å². The van der Waals surface area contributed by atoms with E-state index >= 15 is 0 Å². The van der Waals surface area contributed by atoms with Crippen LogP contribution in [-0.4, -0.2) is 20.7 Å². The van der Waals surface area contributed by atoms with Crippen LogP contribution >= 0.6 is 22.9 Å². The quantitative estimate of drug-likeness (QED) is 0.382. The summed E-state index contributed by atoms with van der Waals surface area (Å²) in [5.74, 6) is 5.26. The van der Waals surface area contributed by atoms with Crippen molar-refractivity contribution in [3.05, 3.63) is 40.0 Å². The predicted octanol–water partition coefficient (Wildman–Crippen LogP) is 6.48. The molecular weight excluding hydrogens is 450 g/mol. The van der Waals surface area contributed by atoms with Crippen LogP contribution in [0.2, 0.25) is 5.15 Å². The number of hydrogen-bond donors (Lipinski definition) is 2. The normalized spacial score (nSPS) is 38.9. The Kier molecular flexibility index (Phi) is 4.80. The number of anilines is 2. The minimum absolute atomic E-state index is 0.157. The second-order valence-electron chi connectivity index (χ2n) is 10.9. The number of aromatic nitrogens is 2. The summed E-state index contributed by atoms with van der Waals surface area (Å²) in [7, 11) is 0. The zero-order valence-electron chi connectivity index (χ0n) is 19.2. The molecule has 2 saturated carbocycles. The van der Waals surface area contributed by atoms with Crippen molar-refractivity contribution in [2.45, 2.75) is 64.4 Å². The van der Waals surface area contributed by atoms with Gasteiger partial charge in [-0.2, -0.15) is 0 Å². The molecule has 6 rings (SSSR count). The highest BCUT2D eigenvalue weighted by atomic mass is 35.5. The van der Waals surface area contributed by atoms with E-state index in [0.29, 0.717) is 22.9 Å². The summed E-state index contributed by atoms with van der Waals surface area (Å²) in [4.78, 5) is 10.6. The van der Waals surface area contributed by atoms with Crippen LogP contribution in [0.25, 0.3) is 5.57 Å². The van der Waals surface area contributed by atoms with E-state index < -0.39 is 5.60 Å². The van der Waals surface area contributed by atoms with Gasteiger partial charge >= 0.3 is 0 Å². The lowest BCUT2D eigenvalue weighted by atomic mass is 9.47. The number of fused-ring (bicyclic) bond motifs is 7. The molecule has 4 nitrogen and oxygen atoms in total. The van der Waals surface area contributed by atoms with Gasteiger partial charge in [0.1, 0.15) is 16.6 Å². The minimum atomic E-state index is -0.945. The van der Waals surface area contributed by atoms with Crippen LogP contribution in [0.5, 0.6) is 0 Å². The molecule has 6 atom stereocenters. The maximum absolute atomic E-state index is 11.2. The Bertz CT molecular complexity index is 1200. The summed E-state index contributed by atoms with van der Waals surface area (Å²) in [6.07, 6.45) is 15.5. The maximum Gasteiger partial charge on any atom is 0.189 e. The Labute approximate surface area is 204 Å². The molecule has 0 spiro atoms. The van der Waals surface area contributed by atoms with E-state index in [-0.39, 0.29) is 10.8 Å². The highest BCUT2D eigenvalue weighted by Gasteiger charge is 2.63. The summed E-state index contributed by atoms with van der Waals surface area (Å²) in [5.41, 5.74) is 1.75. The number of aliphatic hydroxyl groups is 1. The summed E-state index contributed by atoms with van der Waals surface area (Å²) in [6.45, 7) is 4.74. The summed E-state index contributed by atoms with van der Waals surface area (Å²) < 4.78 is 0. The highest BCUT2D eigenvalue weighted by molar-refractivity contribution is 7.16. The molecule has 0 amide bonds. The fourth-order valence-corrected chi connectivity index (χ4v) is 9.13. The topological polar surface area (TPSA) is 58.0 Å². The molecule has 6 heteroatoms. The summed E-state index contributed by atoms with van der Waals surface area (Å²) >= 11 is 7.80. The second-order valence-corrected chi connectivity index (χ2v) is 12.3. The zero-order chi connectivity index (χ0) is 23.0. The van der Waals surface area contributed by atoms with Crippen molar-refractivity contribution in [2.24, 2.45) is 28.6 Å². The van der Waals surface area contributed by atoms with Gasteiger partial charge in [0.2, 0.25) is 0 Å². The van der Waals surface area contributed by atoms with Crippen LogP contribution in [0.3, 0.4) is 0 Å². The van der Waals surface area contributed by atoms with Gasteiger partial charge in [-0.05, 0) is 85.8 Å². The molecule has 0 aliphatic heterocycles. The van der Waals surface area contributed by atoms with E-state index in [2.05, 4.69) is 36.1 Å². The Morgan fingerprint density at radius 3 is 2.79 bits per heavy atom. The Hall–Kier alpha value is -1.87. The summed E-state index contributed by atoms with van der Waals surface area (Å²) in [6, 6.07) is 5.59. The molecule has 0 unspecified atom stereocenters. The molecule has 2 aromatic rings. The fourth-order valence-electron chi connectivity index (χ4n) is 7.77. The summed E-state index contributed by atoms with van der Waals surface area (Å²) in [5, 5.41) is 15.9. The van der Waals surface area contributed by atoms with E-state index in [9.17, 15) is 5.11 Å². The lowest BCUT2D eigenvalue weighted by Crippen LogP contribution is -2.53. The van der Waals surface area contributed by atoms with Crippen molar-refractivity contribution in [3.63, 3.8) is 0 Å². The molecule has 33 heavy (non-hydrogen) atoms. The third-order valence-corrected chi connectivity index (χ3v) is 10.9. The number of aryl methyl sites for hydroxylation is 1. The van der Waals surface area contributed by atoms with Crippen molar-refractivity contribution in [1.82, 2.24) is 9.97 Å². The first kappa shape index (κ1) is 21.6. The Balaban J connectivity index is 1.33. The van der Waals surface area contributed by atoms with Gasteiger partial charge in [-0.25, -0.2) is 9.97 Å². The predicted molar refractivity (Wildman–Crippen MR) is 134 cm³/mol. The molecule has 2 heterocycles. The van der Waals surface area contributed by atoms with Crippen molar-refractivity contribution >= 4 is 39.5 Å². The van der Waals surface area contributed by atoms with Crippen molar-refractivity contribution < 1.29 is 5.11 Å². The molecular formula is C27H30ClN3OS. The number of rotatable bonds is 2. The number of nitrogens with one attached hydrogen (secondary N) is 1. The van der Waals surface area contributed by atoms with Crippen molar-refractivity contribution in [1.29, 1.82) is 0 Å². The largest absolute Gasteiger partial charge is 0.377 e. The second kappa shape index (κ2) is 7.31. The van der Waals surface area contributed by atoms with Crippen molar-refractivity contribution in [2.75, 3.05) is 5.32 Å². The van der Waals surface area contributed by atoms with Crippen LogP contribution < -0.4 is 5.32 Å². The molecule has 0 aromatic carbocycles. The van der Waals surface area contributed by atoms with E-state index in [1.807, 2.05) is 12.1 Å². The third-order valence-electron chi connectivity index (χ3n) is 9.63. The van der Waals surface area contributed by atoms with Gasteiger partial charge in [-0.3, -0.25) is 0 Å². The van der Waals surface area contributed by atoms with Gasteiger partial charge in [0, 0.05) is 5.41 Å². The number of thiazole rings is 1. The highest BCUT2D eigenvalue weighted by Crippen LogP contribution is 2.68. The van der Waals surface area contributed by atoms with Crippen LogP contribution in [0, 0.1) is 40.9 Å². The number of hydrogen-bond acceptors (Lipinski definition) is 5. The molecule has 2 fully saturated rings. The smallest absolute Gasteiger partial charge is 0.189 e. The number of terminal acetylenes is 1. The van der Waals surface area contributed by atoms with Crippen LogP contribution in [0.4, 0.5) is 10.9 Å². The molecule has 0 bridgehead atoms. The minimum Gasteiger partial charge on any atom is -0.377 e. The van der Waals surface area contributed by atoms with E-state index in [4.69, 9.17) is 23.0 Å². The first-order valence-electron chi connectivity index (χ1n) is 12.1. The van der Waals surface area contributed by atoms with Gasteiger partial charge in [-0.1, -0.05) is 54.8 Å². The van der Waals surface area contributed by atoms with Crippen LogP contribution in [0.15, 0.2) is 24.3 Å². The average molecular weight is 480 g/mol. The molecule has 0 saturated heterocycles. The number of pyridine rings is 1. The van der Waals surface area contributed by atoms with E-state index in [1.165, 1.54) is 16.1 Å². The standard InChI is InChI=1S/C27H30ClN3OS/c1-4-27(32)15-11-18-16-8-9-19-23-20(12-13-25(19,2)17(16)10-14-26(18,27)3)29-24(33-23)31-22-7-5-6-21(28)30-22/h1,5-7,9,16-18,32H,8,10-15H2,2-3H3,(H,29,30,31)/t16-,17+,18+,25-,26+,27+/m1/s1.